The van der Waals surface area contributed by atoms with Crippen LogP contribution >= 0.6 is 11.3 Å². The number of thiazole rings is 1. The molecule has 1 heterocycles. The van der Waals surface area contributed by atoms with Crippen molar-refractivity contribution >= 4 is 17.2 Å². The van der Waals surface area contributed by atoms with E-state index in [4.69, 9.17) is 9.84 Å². The molecule has 0 aliphatic carbocycles. The Bertz CT molecular complexity index is 438. The average Bonchev–Trinajstić information content (AvgIpc) is 2.56. The second-order valence-corrected chi connectivity index (χ2v) is 4.40. The first-order valence-corrected chi connectivity index (χ1v) is 6.02. The highest BCUT2D eigenvalue weighted by atomic mass is 32.1. The zero-order valence-electron chi connectivity index (χ0n) is 9.86. The Kier molecular flexibility index (Phi) is 5.33. The quantitative estimate of drug-likeness (QED) is 0.675. The Morgan fingerprint density at radius 1 is 1.53 bits per heavy atom. The van der Waals surface area contributed by atoms with E-state index in [0.29, 0.717) is 23.7 Å². The van der Waals surface area contributed by atoms with Crippen LogP contribution in [0.2, 0.25) is 0 Å². The second kappa shape index (κ2) is 6.53. The molecule has 0 spiro atoms. The Morgan fingerprint density at radius 2 is 2.24 bits per heavy atom. The van der Waals surface area contributed by atoms with Crippen LogP contribution in [-0.2, 0) is 11.8 Å². The molecule has 0 aliphatic heterocycles. The Morgan fingerprint density at radius 3 is 2.76 bits per heavy atom. The van der Waals surface area contributed by atoms with Gasteiger partial charge in [0.25, 0.3) is 5.91 Å². The number of aliphatic hydroxyl groups is 1. The number of amides is 1. The van der Waals surface area contributed by atoms with Gasteiger partial charge in [-0.1, -0.05) is 11.3 Å². The van der Waals surface area contributed by atoms with E-state index in [9.17, 15) is 9.59 Å². The van der Waals surface area contributed by atoms with E-state index < -0.39 is 0 Å². The van der Waals surface area contributed by atoms with E-state index >= 15 is 0 Å². The molecular weight excluding hydrogens is 244 g/mol. The molecule has 0 unspecified atom stereocenters. The fourth-order valence-corrected chi connectivity index (χ4v) is 2.11. The highest BCUT2D eigenvalue weighted by molar-refractivity contribution is 7.11. The number of nitrogens with one attached hydrogen (secondary N) is 1. The van der Waals surface area contributed by atoms with E-state index in [0.717, 1.165) is 11.3 Å². The van der Waals surface area contributed by atoms with Gasteiger partial charge in [0, 0.05) is 19.3 Å². The number of hydrogen-bond acceptors (Lipinski definition) is 5. The normalized spacial score (nSPS) is 10.5. The Labute approximate surface area is 103 Å². The van der Waals surface area contributed by atoms with Gasteiger partial charge in [0.15, 0.2) is 0 Å². The van der Waals surface area contributed by atoms with Crippen molar-refractivity contribution in [3.05, 3.63) is 20.2 Å². The van der Waals surface area contributed by atoms with E-state index in [2.05, 4.69) is 5.32 Å². The summed E-state index contributed by atoms with van der Waals surface area (Å²) >= 11 is 0.932. The van der Waals surface area contributed by atoms with Gasteiger partial charge in [0.1, 0.15) is 4.88 Å². The number of ether oxygens (including phenoxy) is 1. The van der Waals surface area contributed by atoms with Gasteiger partial charge in [0.2, 0.25) is 0 Å². The van der Waals surface area contributed by atoms with Crippen LogP contribution in [0.1, 0.15) is 15.4 Å². The molecule has 96 valence electrons. The van der Waals surface area contributed by atoms with Crippen molar-refractivity contribution in [2.75, 3.05) is 26.4 Å². The smallest absolute Gasteiger partial charge is 0.307 e. The molecule has 1 rings (SSSR count). The summed E-state index contributed by atoms with van der Waals surface area (Å²) in [4.78, 5) is 23.3. The summed E-state index contributed by atoms with van der Waals surface area (Å²) in [6.45, 7) is 2.65. The Balaban J connectivity index is 2.47. The molecule has 0 atom stereocenters. The predicted molar refractivity (Wildman–Crippen MR) is 64.5 cm³/mol. The van der Waals surface area contributed by atoms with Crippen LogP contribution in [0, 0.1) is 6.92 Å². The lowest BCUT2D eigenvalue weighted by molar-refractivity contribution is 0.0840. The Hall–Kier alpha value is -1.18. The molecule has 0 bridgehead atoms. The van der Waals surface area contributed by atoms with E-state index in [-0.39, 0.29) is 24.0 Å². The lowest BCUT2D eigenvalue weighted by atomic mass is 10.3. The summed E-state index contributed by atoms with van der Waals surface area (Å²) < 4.78 is 6.45. The van der Waals surface area contributed by atoms with Crippen LogP contribution in [0.15, 0.2) is 4.79 Å². The average molecular weight is 260 g/mol. The summed E-state index contributed by atoms with van der Waals surface area (Å²) in [7, 11) is 1.63. The zero-order chi connectivity index (χ0) is 12.8. The maximum absolute atomic E-state index is 11.7. The third-order valence-electron chi connectivity index (χ3n) is 2.27. The van der Waals surface area contributed by atoms with Gasteiger partial charge in [-0.2, -0.15) is 0 Å². The van der Waals surface area contributed by atoms with Crippen molar-refractivity contribution in [3.63, 3.8) is 0 Å². The van der Waals surface area contributed by atoms with Gasteiger partial charge in [-0.15, -0.1) is 0 Å². The van der Waals surface area contributed by atoms with Crippen LogP contribution in [-0.4, -0.2) is 41.9 Å². The summed E-state index contributed by atoms with van der Waals surface area (Å²) in [5.41, 5.74) is 0.661. The largest absolute Gasteiger partial charge is 0.394 e. The number of aromatic nitrogens is 1. The molecule has 0 fully saturated rings. The maximum atomic E-state index is 11.7. The first-order valence-electron chi connectivity index (χ1n) is 5.21. The van der Waals surface area contributed by atoms with Gasteiger partial charge >= 0.3 is 4.87 Å². The first-order chi connectivity index (χ1) is 8.07. The number of hydrogen-bond donors (Lipinski definition) is 2. The lowest BCUT2D eigenvalue weighted by Crippen LogP contribution is -2.27. The molecule has 0 aromatic carbocycles. The fourth-order valence-electron chi connectivity index (χ4n) is 1.21. The number of nitrogens with zero attached hydrogens (tertiary/aromatic N) is 1. The number of aliphatic hydroxyl groups excluding tert-OH is 1. The van der Waals surface area contributed by atoms with Crippen LogP contribution in [0.4, 0.5) is 0 Å². The van der Waals surface area contributed by atoms with Gasteiger partial charge in [-0.3, -0.25) is 9.59 Å². The van der Waals surface area contributed by atoms with E-state index in [1.54, 1.807) is 14.0 Å². The van der Waals surface area contributed by atoms with E-state index in [1.165, 1.54) is 4.57 Å². The summed E-state index contributed by atoms with van der Waals surface area (Å²) in [5, 5.41) is 11.1. The molecule has 1 aromatic rings. The minimum absolute atomic E-state index is 0.0344. The number of carbonyl (C=O) groups is 1. The van der Waals surface area contributed by atoms with Crippen molar-refractivity contribution in [2.24, 2.45) is 7.05 Å². The zero-order valence-corrected chi connectivity index (χ0v) is 10.7. The monoisotopic (exact) mass is 260 g/mol. The molecule has 0 radical (unpaired) electrons. The minimum Gasteiger partial charge on any atom is -0.394 e. The SMILES string of the molecule is Cc1c(C(=O)NCCOCCO)sc(=O)n1C. The third kappa shape index (κ3) is 3.65. The third-order valence-corrected chi connectivity index (χ3v) is 3.40. The maximum Gasteiger partial charge on any atom is 0.307 e. The van der Waals surface area contributed by atoms with E-state index in [1.807, 2.05) is 0 Å². The molecule has 1 aromatic heterocycles. The highest BCUT2D eigenvalue weighted by Gasteiger charge is 2.14. The van der Waals surface area contributed by atoms with Crippen LogP contribution in [0.3, 0.4) is 0 Å². The number of rotatable bonds is 6. The first kappa shape index (κ1) is 13.9. The molecule has 2 N–H and O–H groups in total. The van der Waals surface area contributed by atoms with Crippen molar-refractivity contribution in [2.45, 2.75) is 6.92 Å². The van der Waals surface area contributed by atoms with Crippen molar-refractivity contribution in [3.8, 4) is 0 Å². The molecule has 17 heavy (non-hydrogen) atoms. The molecule has 1 amide bonds. The lowest BCUT2D eigenvalue weighted by Gasteiger charge is -2.04. The van der Waals surface area contributed by atoms with Gasteiger partial charge in [-0.05, 0) is 6.92 Å². The van der Waals surface area contributed by atoms with Crippen LogP contribution in [0.25, 0.3) is 0 Å². The highest BCUT2D eigenvalue weighted by Crippen LogP contribution is 2.09. The van der Waals surface area contributed by atoms with Gasteiger partial charge in [-0.25, -0.2) is 0 Å². The van der Waals surface area contributed by atoms with Gasteiger partial charge < -0.3 is 19.7 Å². The molecule has 0 aliphatic rings. The molecular formula is C10H16N2O4S. The second-order valence-electron chi connectivity index (χ2n) is 3.43. The van der Waals surface area contributed by atoms with Crippen LogP contribution < -0.4 is 10.2 Å². The predicted octanol–water partition coefficient (Wildman–Crippen LogP) is -0.506. The number of carbonyl (C=O) groups excluding carboxylic acids is 1. The van der Waals surface area contributed by atoms with Crippen molar-refractivity contribution in [1.29, 1.82) is 0 Å². The summed E-state index contributed by atoms with van der Waals surface area (Å²) in [6, 6.07) is 0. The molecule has 0 saturated carbocycles. The van der Waals surface area contributed by atoms with Crippen molar-refractivity contribution < 1.29 is 14.6 Å². The molecule has 7 heteroatoms. The van der Waals surface area contributed by atoms with Gasteiger partial charge in [0.05, 0.1) is 19.8 Å². The topological polar surface area (TPSA) is 80.6 Å². The standard InChI is InChI=1S/C10H16N2O4S/c1-7-8(17-10(15)12(7)2)9(14)11-3-5-16-6-4-13/h13H,3-6H2,1-2H3,(H,11,14). The minimum atomic E-state index is -0.266. The summed E-state index contributed by atoms with van der Waals surface area (Å²) in [5.74, 6) is -0.266. The van der Waals surface area contributed by atoms with Crippen LogP contribution in [0.5, 0.6) is 0 Å². The summed E-state index contributed by atoms with van der Waals surface area (Å²) in [6.07, 6.45) is 0. The molecule has 6 nitrogen and oxygen atoms in total. The molecule has 0 saturated heterocycles. The van der Waals surface area contributed by atoms with Crippen molar-refractivity contribution in [1.82, 2.24) is 9.88 Å². The fraction of sp³-hybridized carbons (Fsp3) is 0.600.